The minimum Gasteiger partial charge on any atom is -0.465 e. The van der Waals surface area contributed by atoms with Crippen molar-refractivity contribution in [3.8, 4) is 11.5 Å². The Bertz CT molecular complexity index is 1390. The lowest BCUT2D eigenvalue weighted by molar-refractivity contribution is 0.0945. The van der Waals surface area contributed by atoms with Crippen LogP contribution in [-0.2, 0) is 13.1 Å². The molecule has 4 aromatic heterocycles. The highest BCUT2D eigenvalue weighted by atomic mass is 16.3. The number of carbonyl (C=O) groups is 1. The Kier molecular flexibility index (Phi) is 5.07. The molecule has 0 aliphatic rings. The standard InChI is InChI=1S/C25H23N5O2/c1-17-11-12-20(32-17)14-26-25(31)23-22-10-6-7-13-30(22)24(28-23)21-16-29(18(2)27-21)15-19-8-4-3-5-9-19/h3-13,16H,14-15H2,1-2H3,(H,26,31). The zero-order valence-electron chi connectivity index (χ0n) is 17.9. The van der Waals surface area contributed by atoms with Gasteiger partial charge in [0, 0.05) is 18.9 Å². The smallest absolute Gasteiger partial charge is 0.272 e. The third-order valence-corrected chi connectivity index (χ3v) is 5.38. The number of pyridine rings is 1. The van der Waals surface area contributed by atoms with Crippen LogP contribution in [-0.4, -0.2) is 24.8 Å². The van der Waals surface area contributed by atoms with E-state index in [1.165, 1.54) is 5.56 Å². The second-order valence-corrected chi connectivity index (χ2v) is 7.72. The Balaban J connectivity index is 1.46. The van der Waals surface area contributed by atoms with Gasteiger partial charge in [0.15, 0.2) is 11.5 Å². The van der Waals surface area contributed by atoms with Gasteiger partial charge in [0.25, 0.3) is 5.91 Å². The number of nitrogens with one attached hydrogen (secondary N) is 1. The molecule has 32 heavy (non-hydrogen) atoms. The molecular formula is C25H23N5O2. The van der Waals surface area contributed by atoms with E-state index in [-0.39, 0.29) is 5.91 Å². The lowest BCUT2D eigenvalue weighted by atomic mass is 10.2. The highest BCUT2D eigenvalue weighted by Crippen LogP contribution is 2.23. The van der Waals surface area contributed by atoms with Crippen LogP contribution in [0.4, 0.5) is 0 Å². The number of carbonyl (C=O) groups excluding carboxylic acids is 1. The topological polar surface area (TPSA) is 77.4 Å². The Morgan fingerprint density at radius 3 is 2.59 bits per heavy atom. The van der Waals surface area contributed by atoms with Crippen LogP contribution in [0.2, 0.25) is 0 Å². The van der Waals surface area contributed by atoms with E-state index in [0.29, 0.717) is 23.8 Å². The molecule has 7 nitrogen and oxygen atoms in total. The molecule has 1 aromatic carbocycles. The Morgan fingerprint density at radius 2 is 1.81 bits per heavy atom. The number of furan rings is 1. The molecular weight excluding hydrogens is 402 g/mol. The molecule has 0 unspecified atom stereocenters. The lowest BCUT2D eigenvalue weighted by Gasteiger charge is -2.04. The number of rotatable bonds is 6. The van der Waals surface area contributed by atoms with Crippen molar-refractivity contribution in [2.45, 2.75) is 26.9 Å². The van der Waals surface area contributed by atoms with E-state index in [1.807, 2.05) is 79.2 Å². The molecule has 0 aliphatic heterocycles. The summed E-state index contributed by atoms with van der Waals surface area (Å²) in [5.74, 6) is 2.78. The molecule has 5 rings (SSSR count). The molecule has 0 saturated heterocycles. The normalized spacial score (nSPS) is 11.2. The predicted molar refractivity (Wildman–Crippen MR) is 121 cm³/mol. The lowest BCUT2D eigenvalue weighted by Crippen LogP contribution is -2.23. The zero-order chi connectivity index (χ0) is 22.1. The maximum Gasteiger partial charge on any atom is 0.272 e. The summed E-state index contributed by atoms with van der Waals surface area (Å²) in [6, 6.07) is 19.7. The highest BCUT2D eigenvalue weighted by molar-refractivity contribution is 5.99. The average molecular weight is 425 g/mol. The average Bonchev–Trinajstić information content (AvgIpc) is 3.50. The van der Waals surface area contributed by atoms with Gasteiger partial charge in [-0.25, -0.2) is 9.97 Å². The van der Waals surface area contributed by atoms with Gasteiger partial charge in [0.1, 0.15) is 23.0 Å². The monoisotopic (exact) mass is 425 g/mol. The van der Waals surface area contributed by atoms with E-state index < -0.39 is 0 Å². The summed E-state index contributed by atoms with van der Waals surface area (Å²) in [6.07, 6.45) is 3.88. The summed E-state index contributed by atoms with van der Waals surface area (Å²) in [5, 5.41) is 2.90. The van der Waals surface area contributed by atoms with Gasteiger partial charge in [-0.2, -0.15) is 0 Å². The first-order chi connectivity index (χ1) is 15.6. The molecule has 1 N–H and O–H groups in total. The van der Waals surface area contributed by atoms with Crippen LogP contribution >= 0.6 is 0 Å². The summed E-state index contributed by atoms with van der Waals surface area (Å²) in [5.41, 5.74) is 3.01. The van der Waals surface area contributed by atoms with Crippen molar-refractivity contribution < 1.29 is 9.21 Å². The van der Waals surface area contributed by atoms with Gasteiger partial charge in [-0.05, 0) is 43.7 Å². The Morgan fingerprint density at radius 1 is 1.00 bits per heavy atom. The SMILES string of the molecule is Cc1ccc(CNC(=O)c2nc(-c3cn(Cc4ccccc4)c(C)n3)n3ccccc23)o1. The molecule has 1 amide bonds. The maximum absolute atomic E-state index is 12.9. The fourth-order valence-corrected chi connectivity index (χ4v) is 3.77. The summed E-state index contributed by atoms with van der Waals surface area (Å²) < 4.78 is 9.54. The summed E-state index contributed by atoms with van der Waals surface area (Å²) >= 11 is 0. The number of benzene rings is 1. The number of hydrogen-bond acceptors (Lipinski definition) is 4. The largest absolute Gasteiger partial charge is 0.465 e. The van der Waals surface area contributed by atoms with Crippen molar-refractivity contribution >= 4 is 11.4 Å². The Labute approximate surface area is 185 Å². The molecule has 0 aliphatic carbocycles. The van der Waals surface area contributed by atoms with Gasteiger partial charge in [0.2, 0.25) is 0 Å². The summed E-state index contributed by atoms with van der Waals surface area (Å²) in [7, 11) is 0. The molecule has 7 heteroatoms. The van der Waals surface area contributed by atoms with Crippen LogP contribution in [0, 0.1) is 13.8 Å². The van der Waals surface area contributed by atoms with E-state index >= 15 is 0 Å². The number of aryl methyl sites for hydroxylation is 2. The number of imidazole rings is 2. The fraction of sp³-hybridized carbons (Fsp3) is 0.160. The molecule has 0 bridgehead atoms. The zero-order valence-corrected chi connectivity index (χ0v) is 17.9. The fourth-order valence-electron chi connectivity index (χ4n) is 3.77. The van der Waals surface area contributed by atoms with Crippen molar-refractivity contribution in [3.63, 3.8) is 0 Å². The van der Waals surface area contributed by atoms with Crippen molar-refractivity contribution in [2.75, 3.05) is 0 Å². The number of fused-ring (bicyclic) bond motifs is 1. The second kappa shape index (κ2) is 8.19. The third-order valence-electron chi connectivity index (χ3n) is 5.38. The predicted octanol–water partition coefficient (Wildman–Crippen LogP) is 4.39. The van der Waals surface area contributed by atoms with Crippen LogP contribution in [0.1, 0.15) is 33.4 Å². The van der Waals surface area contributed by atoms with E-state index in [1.54, 1.807) is 0 Å². The van der Waals surface area contributed by atoms with Crippen LogP contribution in [0.25, 0.3) is 17.0 Å². The summed E-state index contributed by atoms with van der Waals surface area (Å²) in [6.45, 7) is 4.87. The molecule has 0 saturated carbocycles. The van der Waals surface area contributed by atoms with E-state index in [9.17, 15) is 4.79 Å². The van der Waals surface area contributed by atoms with Crippen LogP contribution in [0.3, 0.4) is 0 Å². The van der Waals surface area contributed by atoms with Crippen LogP contribution in [0.5, 0.6) is 0 Å². The molecule has 160 valence electrons. The third kappa shape index (κ3) is 3.80. The van der Waals surface area contributed by atoms with Gasteiger partial charge in [-0.3, -0.25) is 9.20 Å². The van der Waals surface area contributed by atoms with Crippen molar-refractivity contribution in [2.24, 2.45) is 0 Å². The molecule has 0 atom stereocenters. The van der Waals surface area contributed by atoms with Crippen molar-refractivity contribution in [1.82, 2.24) is 24.3 Å². The Hall–Kier alpha value is -4.13. The first-order valence-electron chi connectivity index (χ1n) is 10.5. The first-order valence-corrected chi connectivity index (χ1v) is 10.5. The molecule has 0 fully saturated rings. The number of aromatic nitrogens is 4. The molecule has 0 radical (unpaired) electrons. The van der Waals surface area contributed by atoms with E-state index in [4.69, 9.17) is 9.40 Å². The molecule has 5 aromatic rings. The van der Waals surface area contributed by atoms with E-state index in [2.05, 4.69) is 27.0 Å². The molecule has 4 heterocycles. The number of amides is 1. The van der Waals surface area contributed by atoms with Gasteiger partial charge in [-0.15, -0.1) is 0 Å². The van der Waals surface area contributed by atoms with Gasteiger partial charge in [-0.1, -0.05) is 36.4 Å². The van der Waals surface area contributed by atoms with Crippen LogP contribution < -0.4 is 5.32 Å². The highest BCUT2D eigenvalue weighted by Gasteiger charge is 2.20. The van der Waals surface area contributed by atoms with Gasteiger partial charge < -0.3 is 14.3 Å². The van der Waals surface area contributed by atoms with Gasteiger partial charge in [0.05, 0.1) is 12.1 Å². The maximum atomic E-state index is 12.9. The van der Waals surface area contributed by atoms with Crippen molar-refractivity contribution in [3.05, 3.63) is 102 Å². The number of hydrogen-bond donors (Lipinski definition) is 1. The van der Waals surface area contributed by atoms with E-state index in [0.717, 1.165) is 29.3 Å². The van der Waals surface area contributed by atoms with Gasteiger partial charge >= 0.3 is 0 Å². The van der Waals surface area contributed by atoms with Crippen molar-refractivity contribution in [1.29, 1.82) is 0 Å². The second-order valence-electron chi connectivity index (χ2n) is 7.72. The quantitative estimate of drug-likeness (QED) is 0.438. The first kappa shape index (κ1) is 19.8. The summed E-state index contributed by atoms with van der Waals surface area (Å²) in [4.78, 5) is 22.4. The minimum atomic E-state index is -0.255. The minimum absolute atomic E-state index is 0.255. The molecule has 0 spiro atoms. The number of nitrogens with zero attached hydrogens (tertiary/aromatic N) is 4. The van der Waals surface area contributed by atoms with Crippen LogP contribution in [0.15, 0.2) is 77.5 Å².